The predicted octanol–water partition coefficient (Wildman–Crippen LogP) is 7.31. The van der Waals surface area contributed by atoms with E-state index in [4.69, 9.17) is 4.74 Å². The molecule has 3 amide bonds. The van der Waals surface area contributed by atoms with Gasteiger partial charge in [0.1, 0.15) is 17.7 Å². The van der Waals surface area contributed by atoms with Gasteiger partial charge in [0.2, 0.25) is 5.91 Å². The van der Waals surface area contributed by atoms with Crippen molar-refractivity contribution in [2.24, 2.45) is 11.8 Å². The molecule has 42 heavy (non-hydrogen) atoms. The van der Waals surface area contributed by atoms with Crippen LogP contribution in [0.5, 0.6) is 0 Å². The Hall–Kier alpha value is -3.87. The molecule has 1 aliphatic rings. The van der Waals surface area contributed by atoms with Gasteiger partial charge in [0.05, 0.1) is 0 Å². The molecule has 0 saturated heterocycles. The molecule has 0 heterocycles. The van der Waals surface area contributed by atoms with Crippen molar-refractivity contribution in [3.63, 3.8) is 0 Å². The maximum absolute atomic E-state index is 14.6. The summed E-state index contributed by atoms with van der Waals surface area (Å²) in [5.41, 5.74) is 2.73. The number of ether oxygens (including phenoxy) is 1. The van der Waals surface area contributed by atoms with Crippen LogP contribution in [0.1, 0.15) is 77.1 Å². The molecular formula is C35H45N3O4. The first-order valence-electron chi connectivity index (χ1n) is 15.0. The summed E-state index contributed by atoms with van der Waals surface area (Å²) >= 11 is 0. The Kier molecular flexibility index (Phi) is 9.29. The number of fused-ring (bicyclic) bond motifs is 1. The van der Waals surface area contributed by atoms with Crippen LogP contribution in [-0.2, 0) is 14.3 Å². The Morgan fingerprint density at radius 1 is 1.00 bits per heavy atom. The topological polar surface area (TPSA) is 87.7 Å². The second-order valence-electron chi connectivity index (χ2n) is 12.8. The Labute approximate surface area is 250 Å². The van der Waals surface area contributed by atoms with Crippen molar-refractivity contribution in [2.75, 3.05) is 5.32 Å². The molecule has 1 fully saturated rings. The summed E-state index contributed by atoms with van der Waals surface area (Å²) in [5.74, 6) is -0.507. The minimum atomic E-state index is -0.883. The molecule has 224 valence electrons. The minimum Gasteiger partial charge on any atom is -0.444 e. The summed E-state index contributed by atoms with van der Waals surface area (Å²) in [6, 6.07) is 17.9. The molecule has 7 heteroatoms. The SMILES string of the molecule is CCC(C)C(NC(=O)OC(C)(C)C)C(=O)N(C(C(=O)Nc1ccc2ccccc2c1)c1ccc(C)cc1C)C1CC1C. The van der Waals surface area contributed by atoms with Gasteiger partial charge >= 0.3 is 6.09 Å². The number of hydrogen-bond acceptors (Lipinski definition) is 4. The van der Waals surface area contributed by atoms with E-state index in [1.165, 1.54) is 0 Å². The van der Waals surface area contributed by atoms with E-state index in [-0.39, 0.29) is 29.7 Å². The Balaban J connectivity index is 1.76. The van der Waals surface area contributed by atoms with Crippen LogP contribution in [-0.4, -0.2) is 40.5 Å². The van der Waals surface area contributed by atoms with Crippen molar-refractivity contribution in [3.05, 3.63) is 77.4 Å². The van der Waals surface area contributed by atoms with Crippen LogP contribution >= 0.6 is 0 Å². The largest absolute Gasteiger partial charge is 0.444 e. The molecule has 5 unspecified atom stereocenters. The van der Waals surface area contributed by atoms with Gasteiger partial charge in [0.15, 0.2) is 0 Å². The molecule has 5 atom stereocenters. The van der Waals surface area contributed by atoms with Gasteiger partial charge in [-0.2, -0.15) is 0 Å². The Morgan fingerprint density at radius 3 is 2.26 bits per heavy atom. The van der Waals surface area contributed by atoms with Crippen LogP contribution in [0.2, 0.25) is 0 Å². The lowest BCUT2D eigenvalue weighted by molar-refractivity contribution is -0.142. The van der Waals surface area contributed by atoms with Gasteiger partial charge in [-0.3, -0.25) is 9.59 Å². The van der Waals surface area contributed by atoms with Crippen molar-refractivity contribution < 1.29 is 19.1 Å². The van der Waals surface area contributed by atoms with E-state index in [0.29, 0.717) is 12.1 Å². The van der Waals surface area contributed by atoms with E-state index < -0.39 is 23.8 Å². The number of carbonyl (C=O) groups excluding carboxylic acids is 3. The highest BCUT2D eigenvalue weighted by molar-refractivity contribution is 6.01. The monoisotopic (exact) mass is 571 g/mol. The summed E-state index contributed by atoms with van der Waals surface area (Å²) in [5, 5.41) is 8.07. The third kappa shape index (κ3) is 7.30. The summed E-state index contributed by atoms with van der Waals surface area (Å²) in [6.45, 7) is 15.4. The zero-order valence-electron chi connectivity index (χ0n) is 26.2. The third-order valence-electron chi connectivity index (χ3n) is 8.09. The van der Waals surface area contributed by atoms with Crippen LogP contribution < -0.4 is 10.6 Å². The van der Waals surface area contributed by atoms with Crippen LogP contribution in [0.15, 0.2) is 60.7 Å². The first-order chi connectivity index (χ1) is 19.8. The van der Waals surface area contributed by atoms with E-state index in [0.717, 1.165) is 33.9 Å². The number of rotatable bonds is 9. The first-order valence-corrected chi connectivity index (χ1v) is 15.0. The average Bonchev–Trinajstić information content (AvgIpc) is 3.64. The molecule has 0 aliphatic heterocycles. The lowest BCUT2D eigenvalue weighted by atomic mass is 9.93. The van der Waals surface area contributed by atoms with Crippen molar-refractivity contribution >= 4 is 34.4 Å². The number of carbonyl (C=O) groups is 3. The molecule has 1 saturated carbocycles. The standard InChI is InChI=1S/C35H45N3O4/c1-9-22(3)30(37-34(41)42-35(6,7)8)33(40)38(29-19-24(29)5)31(28-17-14-21(2)18-23(28)4)32(39)36-27-16-15-25-12-10-11-13-26(25)20-27/h10-18,20,22,24,29-31H,9,19H2,1-8H3,(H,36,39)(H,37,41). The second-order valence-corrected chi connectivity index (χ2v) is 12.8. The summed E-state index contributed by atoms with van der Waals surface area (Å²) < 4.78 is 5.53. The summed E-state index contributed by atoms with van der Waals surface area (Å²) in [4.78, 5) is 43.5. The number of alkyl carbamates (subject to hydrolysis) is 1. The zero-order valence-corrected chi connectivity index (χ0v) is 26.2. The number of nitrogens with one attached hydrogen (secondary N) is 2. The van der Waals surface area contributed by atoms with Gasteiger partial charge in [-0.15, -0.1) is 0 Å². The molecule has 4 rings (SSSR count). The number of benzene rings is 3. The molecule has 0 aromatic heterocycles. The molecular weight excluding hydrogens is 526 g/mol. The number of hydrogen-bond donors (Lipinski definition) is 2. The highest BCUT2D eigenvalue weighted by atomic mass is 16.6. The number of amides is 3. The van der Waals surface area contributed by atoms with Crippen LogP contribution in [0.3, 0.4) is 0 Å². The van der Waals surface area contributed by atoms with E-state index in [1.54, 1.807) is 25.7 Å². The Bertz CT molecular complexity index is 1460. The lowest BCUT2D eigenvalue weighted by Gasteiger charge is -2.37. The molecule has 0 bridgehead atoms. The molecule has 3 aromatic rings. The van der Waals surface area contributed by atoms with Gasteiger partial charge in [-0.05, 0) is 86.9 Å². The van der Waals surface area contributed by atoms with E-state index in [1.807, 2.05) is 88.4 Å². The lowest BCUT2D eigenvalue weighted by Crippen LogP contribution is -2.55. The van der Waals surface area contributed by atoms with E-state index >= 15 is 0 Å². The van der Waals surface area contributed by atoms with Crippen molar-refractivity contribution in [1.29, 1.82) is 0 Å². The predicted molar refractivity (Wildman–Crippen MR) is 168 cm³/mol. The molecule has 1 aliphatic carbocycles. The molecule has 3 aromatic carbocycles. The van der Waals surface area contributed by atoms with Gasteiger partial charge < -0.3 is 20.3 Å². The van der Waals surface area contributed by atoms with Crippen LogP contribution in [0.25, 0.3) is 10.8 Å². The molecule has 0 radical (unpaired) electrons. The number of nitrogens with zero attached hydrogens (tertiary/aromatic N) is 1. The Morgan fingerprint density at radius 2 is 1.67 bits per heavy atom. The maximum atomic E-state index is 14.6. The fourth-order valence-corrected chi connectivity index (χ4v) is 5.48. The van der Waals surface area contributed by atoms with Gasteiger partial charge in [-0.1, -0.05) is 81.3 Å². The summed E-state index contributed by atoms with van der Waals surface area (Å²) in [6.07, 6.45) is 0.807. The van der Waals surface area contributed by atoms with Gasteiger partial charge in [0.25, 0.3) is 5.91 Å². The smallest absolute Gasteiger partial charge is 0.408 e. The van der Waals surface area contributed by atoms with Crippen molar-refractivity contribution in [2.45, 2.75) is 92.0 Å². The first kappa shape index (κ1) is 31.1. The minimum absolute atomic E-state index is 0.127. The van der Waals surface area contributed by atoms with Crippen LogP contribution in [0, 0.1) is 25.7 Å². The molecule has 7 nitrogen and oxygen atoms in total. The van der Waals surface area contributed by atoms with Crippen LogP contribution in [0.4, 0.5) is 10.5 Å². The third-order valence-corrected chi connectivity index (χ3v) is 8.09. The highest BCUT2D eigenvalue weighted by Gasteiger charge is 2.49. The fraction of sp³-hybridized carbons (Fsp3) is 0.457. The normalized spacial score (nSPS) is 18.5. The van der Waals surface area contributed by atoms with Gasteiger partial charge in [0, 0.05) is 11.7 Å². The summed E-state index contributed by atoms with van der Waals surface area (Å²) in [7, 11) is 0. The zero-order chi connectivity index (χ0) is 30.8. The van der Waals surface area contributed by atoms with Crippen molar-refractivity contribution in [3.8, 4) is 0 Å². The van der Waals surface area contributed by atoms with E-state index in [2.05, 4.69) is 17.6 Å². The highest BCUT2D eigenvalue weighted by Crippen LogP contribution is 2.42. The second kappa shape index (κ2) is 12.6. The molecule has 2 N–H and O–H groups in total. The quantitative estimate of drug-likeness (QED) is 0.282. The average molecular weight is 572 g/mol. The van der Waals surface area contributed by atoms with Crippen molar-refractivity contribution in [1.82, 2.24) is 10.2 Å². The van der Waals surface area contributed by atoms with Gasteiger partial charge in [-0.25, -0.2) is 4.79 Å². The van der Waals surface area contributed by atoms with E-state index in [9.17, 15) is 14.4 Å². The number of aryl methyl sites for hydroxylation is 2. The molecule has 0 spiro atoms. The number of anilines is 1. The maximum Gasteiger partial charge on any atom is 0.408 e. The fourth-order valence-electron chi connectivity index (χ4n) is 5.48.